The third-order valence-electron chi connectivity index (χ3n) is 2.15. The third-order valence-corrected chi connectivity index (χ3v) is 2.15. The molecule has 0 aromatic carbocycles. The lowest BCUT2D eigenvalue weighted by molar-refractivity contribution is -0.122. The quantitative estimate of drug-likeness (QED) is 0.0812. The molecule has 0 aromatic rings. The van der Waals surface area contributed by atoms with Crippen molar-refractivity contribution in [1.82, 2.24) is 5.43 Å². The Labute approximate surface area is 123 Å². The highest BCUT2D eigenvalue weighted by Crippen LogP contribution is 1.85. The van der Waals surface area contributed by atoms with Gasteiger partial charge in [-0.05, 0) is 5.53 Å². The number of hydrazine groups is 1. The number of nitrogens with zero attached hydrogens (tertiary/aromatic N) is 3. The van der Waals surface area contributed by atoms with E-state index in [4.69, 9.17) is 30.3 Å². The van der Waals surface area contributed by atoms with Crippen molar-refractivity contribution in [3.8, 4) is 0 Å². The van der Waals surface area contributed by atoms with Gasteiger partial charge < -0.3 is 18.9 Å². The maximum atomic E-state index is 10.8. The summed E-state index contributed by atoms with van der Waals surface area (Å²) in [6, 6.07) is 0. The minimum Gasteiger partial charge on any atom is -0.379 e. The fourth-order valence-electron chi connectivity index (χ4n) is 1.15. The fraction of sp³-hybridized carbons (Fsp3) is 0.909. The van der Waals surface area contributed by atoms with Gasteiger partial charge in [0.2, 0.25) is 5.91 Å². The number of rotatable bonds is 15. The molecule has 0 bridgehead atoms. The van der Waals surface area contributed by atoms with Gasteiger partial charge in [0.15, 0.2) is 0 Å². The third kappa shape index (κ3) is 16.5. The molecule has 0 unspecified atom stereocenters. The molecule has 1 amide bonds. The molecule has 0 heterocycles. The molecule has 0 aromatic heterocycles. The summed E-state index contributed by atoms with van der Waals surface area (Å²) in [5.41, 5.74) is 10.0. The zero-order valence-corrected chi connectivity index (χ0v) is 12.0. The van der Waals surface area contributed by atoms with Crippen LogP contribution in [0.25, 0.3) is 10.4 Å². The molecule has 0 aliphatic carbocycles. The molecular weight excluding hydrogens is 282 g/mol. The Balaban J connectivity index is 3.02. The van der Waals surface area contributed by atoms with E-state index in [0.717, 1.165) is 0 Å². The Kier molecular flexibility index (Phi) is 15.5. The number of hydrogen-bond acceptors (Lipinski definition) is 7. The highest BCUT2D eigenvalue weighted by atomic mass is 16.6. The van der Waals surface area contributed by atoms with E-state index in [1.54, 1.807) is 0 Å². The van der Waals surface area contributed by atoms with Gasteiger partial charge in [-0.25, -0.2) is 5.84 Å². The summed E-state index contributed by atoms with van der Waals surface area (Å²) in [6.45, 7) is 3.74. The van der Waals surface area contributed by atoms with Gasteiger partial charge in [0, 0.05) is 11.5 Å². The molecule has 0 aliphatic heterocycles. The van der Waals surface area contributed by atoms with Gasteiger partial charge in [-0.1, -0.05) is 5.11 Å². The van der Waals surface area contributed by atoms with E-state index in [1.165, 1.54) is 0 Å². The summed E-state index contributed by atoms with van der Waals surface area (Å²) in [7, 11) is 0. The smallest absolute Gasteiger partial charge is 0.236 e. The Bertz CT molecular complexity index is 299. The Morgan fingerprint density at radius 2 is 1.43 bits per heavy atom. The van der Waals surface area contributed by atoms with Gasteiger partial charge in [0.1, 0.15) is 0 Å². The van der Waals surface area contributed by atoms with Gasteiger partial charge in [-0.15, -0.1) is 0 Å². The van der Waals surface area contributed by atoms with E-state index in [2.05, 4.69) is 10.0 Å². The average Bonchev–Trinajstić information content (AvgIpc) is 2.50. The molecule has 0 spiro atoms. The van der Waals surface area contributed by atoms with Crippen LogP contribution >= 0.6 is 0 Å². The van der Waals surface area contributed by atoms with Crippen molar-refractivity contribution in [3.05, 3.63) is 10.4 Å². The lowest BCUT2D eigenvalue weighted by Gasteiger charge is -2.07. The maximum Gasteiger partial charge on any atom is 0.236 e. The first-order chi connectivity index (χ1) is 10.3. The van der Waals surface area contributed by atoms with Crippen LogP contribution in [0.1, 0.15) is 6.42 Å². The predicted octanol–water partition coefficient (Wildman–Crippen LogP) is -0.257. The molecule has 0 rings (SSSR count). The molecule has 0 saturated heterocycles. The number of azide groups is 1. The van der Waals surface area contributed by atoms with Crippen LogP contribution in [0.15, 0.2) is 5.11 Å². The van der Waals surface area contributed by atoms with Crippen LogP contribution in [0.5, 0.6) is 0 Å². The fourth-order valence-corrected chi connectivity index (χ4v) is 1.15. The minimum absolute atomic E-state index is 0.235. The van der Waals surface area contributed by atoms with Crippen molar-refractivity contribution in [3.63, 3.8) is 0 Å². The van der Waals surface area contributed by atoms with E-state index in [0.29, 0.717) is 59.4 Å². The van der Waals surface area contributed by atoms with Crippen LogP contribution in [0.2, 0.25) is 0 Å². The first-order valence-corrected chi connectivity index (χ1v) is 6.62. The summed E-state index contributed by atoms with van der Waals surface area (Å²) in [5.74, 6) is 4.65. The Morgan fingerprint density at radius 3 is 1.90 bits per heavy atom. The second-order valence-electron chi connectivity index (χ2n) is 3.72. The monoisotopic (exact) mass is 305 g/mol. The van der Waals surface area contributed by atoms with Crippen LogP contribution in [0.4, 0.5) is 0 Å². The van der Waals surface area contributed by atoms with E-state index >= 15 is 0 Å². The SMILES string of the molecule is [N-]=[N+]=NCCOCCOCCOCCOCCC(=O)NN. The Hall–Kier alpha value is -1.42. The number of carbonyl (C=O) groups is 1. The average molecular weight is 305 g/mol. The molecule has 0 fully saturated rings. The lowest BCUT2D eigenvalue weighted by Crippen LogP contribution is -2.30. The van der Waals surface area contributed by atoms with E-state index in [1.807, 2.05) is 5.43 Å². The van der Waals surface area contributed by atoms with Gasteiger partial charge in [-0.2, -0.15) is 0 Å². The topological polar surface area (TPSA) is 141 Å². The van der Waals surface area contributed by atoms with Crippen LogP contribution in [-0.4, -0.2) is 65.3 Å². The minimum atomic E-state index is -0.258. The van der Waals surface area contributed by atoms with Crippen LogP contribution in [-0.2, 0) is 23.7 Å². The summed E-state index contributed by atoms with van der Waals surface area (Å²) in [6.07, 6.45) is 0.235. The van der Waals surface area contributed by atoms with E-state index < -0.39 is 0 Å². The first-order valence-electron chi connectivity index (χ1n) is 6.62. The highest BCUT2D eigenvalue weighted by Gasteiger charge is 1.97. The summed E-state index contributed by atoms with van der Waals surface area (Å²) >= 11 is 0. The molecule has 10 heteroatoms. The molecule has 10 nitrogen and oxygen atoms in total. The first kappa shape index (κ1) is 19.6. The maximum absolute atomic E-state index is 10.8. The van der Waals surface area contributed by atoms with Crippen LogP contribution in [0, 0.1) is 0 Å². The van der Waals surface area contributed by atoms with Gasteiger partial charge in [0.25, 0.3) is 0 Å². The van der Waals surface area contributed by atoms with Crippen molar-refractivity contribution in [2.45, 2.75) is 6.42 Å². The second-order valence-corrected chi connectivity index (χ2v) is 3.72. The number of amides is 1. The summed E-state index contributed by atoms with van der Waals surface area (Å²) in [5, 5.41) is 3.33. The summed E-state index contributed by atoms with van der Waals surface area (Å²) in [4.78, 5) is 13.4. The summed E-state index contributed by atoms with van der Waals surface area (Å²) < 4.78 is 20.8. The molecule has 0 radical (unpaired) electrons. The Morgan fingerprint density at radius 1 is 0.952 bits per heavy atom. The van der Waals surface area contributed by atoms with Crippen molar-refractivity contribution in [1.29, 1.82) is 0 Å². The van der Waals surface area contributed by atoms with Crippen molar-refractivity contribution in [2.75, 3.05) is 59.4 Å². The van der Waals surface area contributed by atoms with E-state index in [9.17, 15) is 4.79 Å². The van der Waals surface area contributed by atoms with Crippen LogP contribution < -0.4 is 11.3 Å². The van der Waals surface area contributed by atoms with Crippen molar-refractivity contribution >= 4 is 5.91 Å². The highest BCUT2D eigenvalue weighted by molar-refractivity contribution is 5.75. The van der Waals surface area contributed by atoms with E-state index in [-0.39, 0.29) is 12.3 Å². The number of nitrogens with two attached hydrogens (primary N) is 1. The second kappa shape index (κ2) is 16.6. The largest absolute Gasteiger partial charge is 0.379 e. The molecule has 0 atom stereocenters. The number of hydrogen-bond donors (Lipinski definition) is 2. The zero-order chi connectivity index (χ0) is 15.6. The number of carbonyl (C=O) groups excluding carboxylic acids is 1. The molecule has 21 heavy (non-hydrogen) atoms. The zero-order valence-electron chi connectivity index (χ0n) is 12.0. The molecule has 122 valence electrons. The molecular formula is C11H23N5O5. The number of nitrogens with one attached hydrogen (secondary N) is 1. The van der Waals surface area contributed by atoms with Gasteiger partial charge in [0.05, 0.1) is 59.3 Å². The number of ether oxygens (including phenoxy) is 4. The predicted molar refractivity (Wildman–Crippen MR) is 74.2 cm³/mol. The van der Waals surface area contributed by atoms with Gasteiger partial charge in [-0.3, -0.25) is 10.2 Å². The molecule has 0 saturated carbocycles. The molecule has 0 aliphatic rings. The normalized spacial score (nSPS) is 10.1. The van der Waals surface area contributed by atoms with Crippen molar-refractivity contribution in [2.24, 2.45) is 11.0 Å². The van der Waals surface area contributed by atoms with Crippen LogP contribution in [0.3, 0.4) is 0 Å². The van der Waals surface area contributed by atoms with Gasteiger partial charge >= 0.3 is 0 Å². The lowest BCUT2D eigenvalue weighted by atomic mass is 10.4. The standard InChI is InChI=1S/C11H23N5O5/c12-15-11(17)1-3-18-5-7-20-9-10-21-8-6-19-4-2-14-16-13/h1-10,12H2,(H,15,17). The molecule has 3 N–H and O–H groups in total. The van der Waals surface area contributed by atoms with Crippen molar-refractivity contribution < 1.29 is 23.7 Å².